The van der Waals surface area contributed by atoms with Crippen molar-refractivity contribution in [3.8, 4) is 23.1 Å². The van der Waals surface area contributed by atoms with Gasteiger partial charge < -0.3 is 19.3 Å². The number of aryl methyl sites for hydroxylation is 2. The SMILES string of the molecule is COCc1nc(OCc2c(-c3ccc(OC4CC5CCC(C(=O)O)C5C4)c(C)n3)nnn2C)ncc1Cl. The number of aromatic nitrogens is 6. The van der Waals surface area contributed by atoms with Gasteiger partial charge >= 0.3 is 12.0 Å². The Balaban J connectivity index is 1.28. The number of carboxylic acid groups (broad SMARTS) is 1. The van der Waals surface area contributed by atoms with E-state index in [1.54, 1.807) is 18.8 Å². The highest BCUT2D eigenvalue weighted by molar-refractivity contribution is 6.31. The monoisotopic (exact) mass is 528 g/mol. The zero-order chi connectivity index (χ0) is 26.1. The number of hydrogen-bond donors (Lipinski definition) is 1. The second-order valence-electron chi connectivity index (χ2n) is 9.61. The summed E-state index contributed by atoms with van der Waals surface area (Å²) >= 11 is 6.10. The number of ether oxygens (including phenoxy) is 3. The Kier molecular flexibility index (Phi) is 7.25. The molecule has 196 valence electrons. The van der Waals surface area contributed by atoms with Gasteiger partial charge in [-0.25, -0.2) is 14.6 Å². The van der Waals surface area contributed by atoms with E-state index in [-0.39, 0.29) is 37.2 Å². The third kappa shape index (κ3) is 5.24. The van der Waals surface area contributed by atoms with Gasteiger partial charge in [-0.1, -0.05) is 16.8 Å². The van der Waals surface area contributed by atoms with Gasteiger partial charge in [-0.3, -0.25) is 4.79 Å². The van der Waals surface area contributed by atoms with Gasteiger partial charge in [0, 0.05) is 14.2 Å². The minimum absolute atomic E-state index is 0.00588. The molecule has 1 N–H and O–H groups in total. The van der Waals surface area contributed by atoms with Gasteiger partial charge in [-0.2, -0.15) is 4.98 Å². The van der Waals surface area contributed by atoms with Crippen LogP contribution in [0.1, 0.15) is 42.8 Å². The highest BCUT2D eigenvalue weighted by Gasteiger charge is 2.47. The Morgan fingerprint density at radius 2 is 2.05 bits per heavy atom. The molecule has 3 aromatic rings. The predicted molar refractivity (Wildman–Crippen MR) is 132 cm³/mol. The molecular formula is C25H29ClN6O5. The molecule has 0 amide bonds. The average Bonchev–Trinajstić information content (AvgIpc) is 3.55. The molecule has 0 radical (unpaired) electrons. The van der Waals surface area contributed by atoms with Gasteiger partial charge in [-0.05, 0) is 56.6 Å². The molecule has 0 saturated heterocycles. The number of nitrogens with zero attached hydrogens (tertiary/aromatic N) is 6. The molecule has 3 heterocycles. The van der Waals surface area contributed by atoms with Crippen molar-refractivity contribution in [2.45, 2.75) is 51.9 Å². The first-order valence-electron chi connectivity index (χ1n) is 12.2. The van der Waals surface area contributed by atoms with E-state index in [1.807, 2.05) is 19.1 Å². The first kappa shape index (κ1) is 25.3. The second kappa shape index (κ2) is 10.6. The van der Waals surface area contributed by atoms with Crippen LogP contribution in [0.5, 0.6) is 11.8 Å². The van der Waals surface area contributed by atoms with E-state index < -0.39 is 5.97 Å². The molecule has 37 heavy (non-hydrogen) atoms. The Hall–Kier alpha value is -3.31. The fourth-order valence-corrected chi connectivity index (χ4v) is 5.63. The van der Waals surface area contributed by atoms with Gasteiger partial charge in [0.1, 0.15) is 23.7 Å². The Labute approximate surface area is 219 Å². The quantitative estimate of drug-likeness (QED) is 0.438. The number of methoxy groups -OCH3 is 1. The molecule has 2 fully saturated rings. The standard InChI is InChI=1S/C25H29ClN6O5/c1-13-22(37-15-8-14-4-5-16(24(33)34)17(14)9-15)7-6-19(28-13)23-21(32(2)31-30-23)12-36-25-27-10-18(26)20(29-25)11-35-3/h6-7,10,14-17H,4-5,8-9,11-12H2,1-3H3,(H,33,34). The topological polar surface area (TPSA) is 134 Å². The molecule has 2 saturated carbocycles. The largest absolute Gasteiger partial charge is 0.489 e. The lowest BCUT2D eigenvalue weighted by Crippen LogP contribution is -2.21. The van der Waals surface area contributed by atoms with Crippen LogP contribution in [0, 0.1) is 24.7 Å². The molecule has 0 aliphatic heterocycles. The van der Waals surface area contributed by atoms with Crippen LogP contribution in [0.4, 0.5) is 0 Å². The van der Waals surface area contributed by atoms with Crippen molar-refractivity contribution < 1.29 is 24.1 Å². The van der Waals surface area contributed by atoms with Gasteiger partial charge in [0.15, 0.2) is 0 Å². The Morgan fingerprint density at radius 1 is 1.22 bits per heavy atom. The van der Waals surface area contributed by atoms with E-state index in [4.69, 9.17) is 30.8 Å². The smallest absolute Gasteiger partial charge is 0.317 e. The van der Waals surface area contributed by atoms with Crippen molar-refractivity contribution in [2.75, 3.05) is 7.11 Å². The first-order valence-corrected chi connectivity index (χ1v) is 12.6. The molecule has 2 aliphatic carbocycles. The molecule has 4 atom stereocenters. The van der Waals surface area contributed by atoms with E-state index in [0.717, 1.165) is 31.4 Å². The van der Waals surface area contributed by atoms with Crippen molar-refractivity contribution >= 4 is 17.6 Å². The van der Waals surface area contributed by atoms with E-state index in [1.165, 1.54) is 6.20 Å². The molecular weight excluding hydrogens is 500 g/mol. The minimum Gasteiger partial charge on any atom is -0.489 e. The van der Waals surface area contributed by atoms with Crippen LogP contribution < -0.4 is 9.47 Å². The van der Waals surface area contributed by atoms with Crippen LogP contribution in [0.25, 0.3) is 11.4 Å². The van der Waals surface area contributed by atoms with Gasteiger partial charge in [0.2, 0.25) is 0 Å². The molecule has 11 nitrogen and oxygen atoms in total. The van der Waals surface area contributed by atoms with Crippen LogP contribution in [0.2, 0.25) is 5.02 Å². The Bertz CT molecular complexity index is 1300. The van der Waals surface area contributed by atoms with Gasteiger partial charge in [0.05, 0.1) is 46.9 Å². The number of pyridine rings is 1. The summed E-state index contributed by atoms with van der Waals surface area (Å²) in [7, 11) is 3.34. The maximum atomic E-state index is 11.6. The number of hydrogen-bond acceptors (Lipinski definition) is 9. The van der Waals surface area contributed by atoms with Crippen LogP contribution in [0.15, 0.2) is 18.3 Å². The maximum absolute atomic E-state index is 11.6. The number of halogens is 1. The maximum Gasteiger partial charge on any atom is 0.317 e. The first-order chi connectivity index (χ1) is 17.8. The number of carboxylic acids is 1. The lowest BCUT2D eigenvalue weighted by Gasteiger charge is -2.18. The molecule has 12 heteroatoms. The lowest BCUT2D eigenvalue weighted by atomic mass is 9.92. The summed E-state index contributed by atoms with van der Waals surface area (Å²) in [5, 5.41) is 18.3. The van der Waals surface area contributed by atoms with Crippen molar-refractivity contribution in [2.24, 2.45) is 24.8 Å². The molecule has 0 bridgehead atoms. The number of fused-ring (bicyclic) bond motifs is 1. The summed E-state index contributed by atoms with van der Waals surface area (Å²) in [6.07, 6.45) is 4.88. The highest BCUT2D eigenvalue weighted by Crippen LogP contribution is 2.48. The Morgan fingerprint density at radius 3 is 2.81 bits per heavy atom. The minimum atomic E-state index is -0.683. The lowest BCUT2D eigenvalue weighted by molar-refractivity contribution is -0.143. The predicted octanol–water partition coefficient (Wildman–Crippen LogP) is 3.62. The van der Waals surface area contributed by atoms with Crippen molar-refractivity contribution in [3.63, 3.8) is 0 Å². The third-order valence-electron chi connectivity index (χ3n) is 7.32. The average molecular weight is 529 g/mol. The van der Waals surface area contributed by atoms with Crippen LogP contribution in [-0.2, 0) is 29.8 Å². The molecule has 2 aliphatic rings. The van der Waals surface area contributed by atoms with Crippen molar-refractivity contribution in [1.29, 1.82) is 0 Å². The number of aliphatic carboxylic acids is 1. The second-order valence-corrected chi connectivity index (χ2v) is 10.0. The number of carbonyl (C=O) groups is 1. The molecule has 4 unspecified atom stereocenters. The van der Waals surface area contributed by atoms with E-state index in [0.29, 0.717) is 39.5 Å². The molecule has 0 spiro atoms. The third-order valence-corrected chi connectivity index (χ3v) is 7.63. The summed E-state index contributed by atoms with van der Waals surface area (Å²) in [5.74, 6) is 0.394. The van der Waals surface area contributed by atoms with Crippen LogP contribution >= 0.6 is 11.6 Å². The fraction of sp³-hybridized carbons (Fsp3) is 0.520. The van der Waals surface area contributed by atoms with Crippen molar-refractivity contribution in [1.82, 2.24) is 29.9 Å². The zero-order valence-corrected chi connectivity index (χ0v) is 21.7. The summed E-state index contributed by atoms with van der Waals surface area (Å²) in [4.78, 5) is 24.7. The molecule has 5 rings (SSSR count). The van der Waals surface area contributed by atoms with Gasteiger partial charge in [0.25, 0.3) is 0 Å². The summed E-state index contributed by atoms with van der Waals surface area (Å²) in [6, 6.07) is 3.91. The summed E-state index contributed by atoms with van der Waals surface area (Å²) < 4.78 is 18.8. The van der Waals surface area contributed by atoms with E-state index in [2.05, 4.69) is 20.3 Å². The fourth-order valence-electron chi connectivity index (χ4n) is 5.49. The van der Waals surface area contributed by atoms with Gasteiger partial charge in [-0.15, -0.1) is 5.10 Å². The summed E-state index contributed by atoms with van der Waals surface area (Å²) in [6.45, 7) is 2.26. The highest BCUT2D eigenvalue weighted by atomic mass is 35.5. The van der Waals surface area contributed by atoms with E-state index >= 15 is 0 Å². The van der Waals surface area contributed by atoms with Crippen LogP contribution in [-0.4, -0.2) is 54.2 Å². The normalized spacial score (nSPS) is 22.7. The van der Waals surface area contributed by atoms with E-state index in [9.17, 15) is 9.90 Å². The zero-order valence-electron chi connectivity index (χ0n) is 20.9. The van der Waals surface area contributed by atoms with Crippen LogP contribution in [0.3, 0.4) is 0 Å². The number of rotatable bonds is 9. The molecule has 0 aromatic carbocycles. The van der Waals surface area contributed by atoms with Crippen molar-refractivity contribution in [3.05, 3.63) is 40.4 Å². The molecule has 3 aromatic heterocycles. The summed E-state index contributed by atoms with van der Waals surface area (Å²) in [5.41, 5.74) is 3.20.